The van der Waals surface area contributed by atoms with E-state index < -0.39 is 35.0 Å². The standard InChI is InChI=1S/C24H16F6N6O2/c25-23(26,27)12-5-6-16(17(7-12)24(28,29)30)18-8-13(38-35-18)10-36-11-20-19(9-32-36)33-22(34-20)15-4-2-1-3-14(15)21(31)37/h1-9H,10-11H2,(H2,31,37)(H,33,34). The molecule has 0 radical (unpaired) electrons. The lowest BCUT2D eigenvalue weighted by Gasteiger charge is -2.19. The van der Waals surface area contributed by atoms with Gasteiger partial charge in [-0.15, -0.1) is 0 Å². The maximum absolute atomic E-state index is 13.5. The maximum atomic E-state index is 13.5. The van der Waals surface area contributed by atoms with Crippen LogP contribution < -0.4 is 5.73 Å². The number of aromatic nitrogens is 3. The van der Waals surface area contributed by atoms with Crippen LogP contribution in [0.15, 0.2) is 58.2 Å². The number of nitrogens with one attached hydrogen (secondary N) is 1. The van der Waals surface area contributed by atoms with Gasteiger partial charge in [0.15, 0.2) is 5.76 Å². The molecule has 38 heavy (non-hydrogen) atoms. The van der Waals surface area contributed by atoms with Crippen LogP contribution >= 0.6 is 0 Å². The molecule has 1 aliphatic heterocycles. The molecule has 0 atom stereocenters. The molecule has 0 fully saturated rings. The van der Waals surface area contributed by atoms with Crippen LogP contribution in [0.2, 0.25) is 0 Å². The summed E-state index contributed by atoms with van der Waals surface area (Å²) in [5.41, 5.74) is 3.68. The third kappa shape index (κ3) is 4.84. The molecule has 4 aromatic rings. The number of carbonyl (C=O) groups excluding carboxylic acids is 1. The highest BCUT2D eigenvalue weighted by atomic mass is 19.4. The molecular weight excluding hydrogens is 518 g/mol. The fraction of sp³-hybridized carbons (Fsp3) is 0.167. The Bertz CT molecular complexity index is 1550. The molecule has 1 aliphatic rings. The van der Waals surface area contributed by atoms with Gasteiger partial charge in [-0.2, -0.15) is 31.4 Å². The van der Waals surface area contributed by atoms with Crippen LogP contribution in [-0.4, -0.2) is 32.3 Å². The lowest BCUT2D eigenvalue weighted by Crippen LogP contribution is -2.21. The van der Waals surface area contributed by atoms with Crippen molar-refractivity contribution in [2.24, 2.45) is 10.8 Å². The summed E-state index contributed by atoms with van der Waals surface area (Å²) in [6, 6.07) is 9.19. The van der Waals surface area contributed by atoms with E-state index in [-0.39, 0.29) is 36.2 Å². The highest BCUT2D eigenvalue weighted by Gasteiger charge is 2.39. The molecule has 0 saturated carbocycles. The van der Waals surface area contributed by atoms with Gasteiger partial charge in [0.05, 0.1) is 41.7 Å². The number of aromatic amines is 1. The molecule has 8 nitrogen and oxygen atoms in total. The van der Waals surface area contributed by atoms with E-state index in [9.17, 15) is 31.1 Å². The van der Waals surface area contributed by atoms with E-state index in [0.29, 0.717) is 34.9 Å². The number of carbonyl (C=O) groups is 1. The third-order valence-electron chi connectivity index (χ3n) is 5.77. The van der Waals surface area contributed by atoms with Crippen molar-refractivity contribution in [1.82, 2.24) is 20.1 Å². The second-order valence-corrected chi connectivity index (χ2v) is 8.36. The van der Waals surface area contributed by atoms with Crippen molar-refractivity contribution in [3.63, 3.8) is 0 Å². The quantitative estimate of drug-likeness (QED) is 0.341. The number of benzene rings is 2. The van der Waals surface area contributed by atoms with E-state index in [4.69, 9.17) is 10.3 Å². The van der Waals surface area contributed by atoms with Crippen molar-refractivity contribution in [3.8, 4) is 22.6 Å². The van der Waals surface area contributed by atoms with Gasteiger partial charge in [-0.05, 0) is 18.2 Å². The Morgan fingerprint density at radius 3 is 2.50 bits per heavy atom. The van der Waals surface area contributed by atoms with Crippen LogP contribution in [0, 0.1) is 0 Å². The Balaban J connectivity index is 1.36. The number of alkyl halides is 6. The third-order valence-corrected chi connectivity index (χ3v) is 5.77. The summed E-state index contributed by atoms with van der Waals surface area (Å²) in [4.78, 5) is 19.3. The number of hydrogen-bond acceptors (Lipinski definition) is 6. The van der Waals surface area contributed by atoms with Crippen LogP contribution in [0.25, 0.3) is 22.6 Å². The first-order valence-electron chi connectivity index (χ1n) is 10.9. The van der Waals surface area contributed by atoms with Crippen LogP contribution in [0.1, 0.15) is 38.6 Å². The second-order valence-electron chi connectivity index (χ2n) is 8.36. The Labute approximate surface area is 209 Å². The summed E-state index contributed by atoms with van der Waals surface area (Å²) in [6.45, 7) is 0.207. The van der Waals surface area contributed by atoms with Gasteiger partial charge < -0.3 is 15.2 Å². The predicted octanol–water partition coefficient (Wildman–Crippen LogP) is 5.22. The Kier molecular flexibility index (Phi) is 5.96. The van der Waals surface area contributed by atoms with Crippen molar-refractivity contribution >= 4 is 12.1 Å². The van der Waals surface area contributed by atoms with Crippen LogP contribution in [0.4, 0.5) is 26.3 Å². The molecule has 0 bridgehead atoms. The average molecular weight is 534 g/mol. The largest absolute Gasteiger partial charge is 0.417 e. The molecule has 14 heteroatoms. The normalized spacial score (nSPS) is 13.6. The SMILES string of the molecule is NC(=O)c1ccccc1-c1nc2c([nH]1)CN(Cc1cc(-c3ccc(C(F)(F)F)cc3C(F)(F)F)no1)N=C2. The van der Waals surface area contributed by atoms with Crippen LogP contribution in [0.3, 0.4) is 0 Å². The van der Waals surface area contributed by atoms with Crippen molar-refractivity contribution < 1.29 is 35.7 Å². The first-order valence-corrected chi connectivity index (χ1v) is 10.9. The number of rotatable bonds is 5. The van der Waals surface area contributed by atoms with Crippen molar-refractivity contribution in [2.75, 3.05) is 0 Å². The molecule has 0 aliphatic carbocycles. The molecule has 0 spiro atoms. The molecule has 1 amide bonds. The molecule has 0 unspecified atom stereocenters. The lowest BCUT2D eigenvalue weighted by molar-refractivity contribution is -0.142. The minimum absolute atomic E-state index is 0.00283. The Hall–Kier alpha value is -4.62. The first kappa shape index (κ1) is 25.0. The van der Waals surface area contributed by atoms with Crippen molar-refractivity contribution in [3.05, 3.63) is 82.4 Å². The Morgan fingerprint density at radius 1 is 1.03 bits per heavy atom. The number of imidazole rings is 1. The van der Waals surface area contributed by atoms with Gasteiger partial charge in [0.25, 0.3) is 0 Å². The van der Waals surface area contributed by atoms with Gasteiger partial charge >= 0.3 is 12.4 Å². The van der Waals surface area contributed by atoms with Gasteiger partial charge in [0.1, 0.15) is 17.2 Å². The van der Waals surface area contributed by atoms with Gasteiger partial charge in [-0.3, -0.25) is 9.80 Å². The molecule has 0 saturated heterocycles. The second kappa shape index (κ2) is 9.04. The summed E-state index contributed by atoms with van der Waals surface area (Å²) >= 11 is 0. The Morgan fingerprint density at radius 2 is 1.79 bits per heavy atom. The summed E-state index contributed by atoms with van der Waals surface area (Å²) < 4.78 is 84.6. The van der Waals surface area contributed by atoms with Gasteiger partial charge in [-0.25, -0.2) is 4.98 Å². The van der Waals surface area contributed by atoms with Crippen LogP contribution in [-0.2, 0) is 25.4 Å². The zero-order chi connectivity index (χ0) is 27.2. The van der Waals surface area contributed by atoms with Crippen LogP contribution in [0.5, 0.6) is 0 Å². The zero-order valence-corrected chi connectivity index (χ0v) is 19.1. The predicted molar refractivity (Wildman–Crippen MR) is 121 cm³/mol. The van der Waals surface area contributed by atoms with E-state index in [1.807, 2.05) is 0 Å². The number of fused-ring (bicyclic) bond motifs is 1. The molecule has 2 aromatic carbocycles. The van der Waals surface area contributed by atoms with Gasteiger partial charge in [0.2, 0.25) is 5.91 Å². The zero-order valence-electron chi connectivity index (χ0n) is 19.1. The fourth-order valence-electron chi connectivity index (χ4n) is 4.01. The van der Waals surface area contributed by atoms with E-state index in [1.54, 1.807) is 24.3 Å². The number of hydrazone groups is 1. The molecule has 3 heterocycles. The molecule has 3 N–H and O–H groups in total. The van der Waals surface area contributed by atoms with E-state index >= 15 is 0 Å². The minimum Gasteiger partial charge on any atom is -0.366 e. The molecule has 196 valence electrons. The van der Waals surface area contributed by atoms with Gasteiger partial charge in [-0.1, -0.05) is 29.4 Å². The summed E-state index contributed by atoms with van der Waals surface area (Å²) in [7, 11) is 0. The van der Waals surface area contributed by atoms with E-state index in [1.165, 1.54) is 17.3 Å². The fourth-order valence-corrected chi connectivity index (χ4v) is 4.01. The summed E-state index contributed by atoms with van der Waals surface area (Å²) in [5.74, 6) is -0.0813. The lowest BCUT2D eigenvalue weighted by atomic mass is 10.0. The monoisotopic (exact) mass is 534 g/mol. The number of hydrogen-bond donors (Lipinski definition) is 2. The number of halogens is 6. The van der Waals surface area contributed by atoms with Crippen molar-refractivity contribution in [2.45, 2.75) is 25.4 Å². The highest BCUT2D eigenvalue weighted by Crippen LogP contribution is 2.40. The average Bonchev–Trinajstić information content (AvgIpc) is 3.49. The molecule has 5 rings (SSSR count). The van der Waals surface area contributed by atoms with E-state index in [0.717, 1.165) is 0 Å². The molecular formula is C24H16F6N6O2. The number of amides is 1. The highest BCUT2D eigenvalue weighted by molar-refractivity contribution is 5.99. The first-order chi connectivity index (χ1) is 17.9. The smallest absolute Gasteiger partial charge is 0.366 e. The number of H-pyrrole nitrogens is 1. The maximum Gasteiger partial charge on any atom is 0.417 e. The molecule has 2 aromatic heterocycles. The minimum atomic E-state index is -5.05. The number of primary amides is 1. The summed E-state index contributed by atoms with van der Waals surface area (Å²) in [6.07, 6.45) is -8.53. The topological polar surface area (TPSA) is 113 Å². The number of nitrogens with two attached hydrogens (primary N) is 1. The number of nitrogens with zero attached hydrogens (tertiary/aromatic N) is 4. The summed E-state index contributed by atoms with van der Waals surface area (Å²) in [5, 5.41) is 9.40. The van der Waals surface area contributed by atoms with E-state index in [2.05, 4.69) is 20.2 Å². The van der Waals surface area contributed by atoms with Gasteiger partial charge in [0, 0.05) is 17.2 Å². The van der Waals surface area contributed by atoms with Crippen molar-refractivity contribution in [1.29, 1.82) is 0 Å².